The van der Waals surface area contributed by atoms with Gasteiger partial charge in [0.25, 0.3) is 0 Å². The van der Waals surface area contributed by atoms with Crippen LogP contribution >= 0.6 is 12.6 Å². The van der Waals surface area contributed by atoms with Gasteiger partial charge in [-0.3, -0.25) is 0 Å². The third-order valence-corrected chi connectivity index (χ3v) is 3.20. The first-order valence-electron chi connectivity index (χ1n) is 4.61. The van der Waals surface area contributed by atoms with Gasteiger partial charge >= 0.3 is 0 Å². The first-order chi connectivity index (χ1) is 5.83. The zero-order valence-corrected chi connectivity index (χ0v) is 8.27. The SMILES string of the molecule is CCc1cccc2c1C(S)CC2. The highest BCUT2D eigenvalue weighted by Gasteiger charge is 2.20. The number of hydrogen-bond donors (Lipinski definition) is 1. The van der Waals surface area contributed by atoms with Crippen molar-refractivity contribution in [3.05, 3.63) is 34.9 Å². The van der Waals surface area contributed by atoms with Gasteiger partial charge in [0.1, 0.15) is 0 Å². The summed E-state index contributed by atoms with van der Waals surface area (Å²) in [6, 6.07) is 6.64. The van der Waals surface area contributed by atoms with Crippen LogP contribution in [-0.2, 0) is 12.8 Å². The molecule has 12 heavy (non-hydrogen) atoms. The molecule has 0 fully saturated rings. The van der Waals surface area contributed by atoms with Crippen molar-refractivity contribution in [2.24, 2.45) is 0 Å². The lowest BCUT2D eigenvalue weighted by atomic mass is 10.0. The monoisotopic (exact) mass is 178 g/mol. The fourth-order valence-corrected chi connectivity index (χ4v) is 2.52. The maximum atomic E-state index is 4.60. The average Bonchev–Trinajstić information content (AvgIpc) is 2.48. The highest BCUT2D eigenvalue weighted by atomic mass is 32.1. The first-order valence-corrected chi connectivity index (χ1v) is 5.13. The zero-order chi connectivity index (χ0) is 8.55. The molecule has 0 aromatic heterocycles. The molecule has 0 heterocycles. The molecule has 0 aliphatic heterocycles. The summed E-state index contributed by atoms with van der Waals surface area (Å²) in [5.41, 5.74) is 4.53. The number of thiol groups is 1. The Bertz CT molecular complexity index is 291. The van der Waals surface area contributed by atoms with Crippen LogP contribution in [0.3, 0.4) is 0 Å². The van der Waals surface area contributed by atoms with Crippen LogP contribution in [0.4, 0.5) is 0 Å². The normalized spacial score (nSPS) is 21.0. The van der Waals surface area contributed by atoms with Gasteiger partial charge in [0, 0.05) is 5.25 Å². The van der Waals surface area contributed by atoms with Crippen LogP contribution in [0.5, 0.6) is 0 Å². The topological polar surface area (TPSA) is 0 Å². The highest BCUT2D eigenvalue weighted by Crippen LogP contribution is 2.37. The summed E-state index contributed by atoms with van der Waals surface area (Å²) >= 11 is 4.60. The van der Waals surface area contributed by atoms with E-state index in [-0.39, 0.29) is 0 Å². The lowest BCUT2D eigenvalue weighted by molar-refractivity contribution is 0.890. The van der Waals surface area contributed by atoms with E-state index in [0.29, 0.717) is 5.25 Å². The molecule has 0 saturated heterocycles. The first kappa shape index (κ1) is 8.18. The van der Waals surface area contributed by atoms with Gasteiger partial charge in [0.15, 0.2) is 0 Å². The second-order valence-electron chi connectivity index (χ2n) is 3.40. The van der Waals surface area contributed by atoms with E-state index >= 15 is 0 Å². The maximum Gasteiger partial charge on any atom is 0.0275 e. The van der Waals surface area contributed by atoms with Crippen molar-refractivity contribution in [3.8, 4) is 0 Å². The van der Waals surface area contributed by atoms with E-state index in [2.05, 4.69) is 37.8 Å². The van der Waals surface area contributed by atoms with Crippen LogP contribution in [0.1, 0.15) is 35.3 Å². The quantitative estimate of drug-likeness (QED) is 0.627. The lowest BCUT2D eigenvalue weighted by Crippen LogP contribution is -1.92. The van der Waals surface area contributed by atoms with Crippen LogP contribution in [0, 0.1) is 0 Å². The molecule has 0 amide bonds. The molecule has 1 aromatic carbocycles. The summed E-state index contributed by atoms with van der Waals surface area (Å²) in [4.78, 5) is 0. The van der Waals surface area contributed by atoms with Crippen LogP contribution in [-0.4, -0.2) is 0 Å². The molecule has 0 radical (unpaired) electrons. The summed E-state index contributed by atoms with van der Waals surface area (Å²) in [6.45, 7) is 2.22. The van der Waals surface area contributed by atoms with Crippen molar-refractivity contribution >= 4 is 12.6 Å². The van der Waals surface area contributed by atoms with Crippen molar-refractivity contribution in [1.82, 2.24) is 0 Å². The van der Waals surface area contributed by atoms with Gasteiger partial charge in [0.05, 0.1) is 0 Å². The van der Waals surface area contributed by atoms with Crippen molar-refractivity contribution in [2.45, 2.75) is 31.4 Å². The lowest BCUT2D eigenvalue weighted by Gasteiger charge is -2.09. The molecule has 0 N–H and O–H groups in total. The van der Waals surface area contributed by atoms with E-state index in [1.807, 2.05) is 0 Å². The van der Waals surface area contributed by atoms with Crippen LogP contribution in [0.15, 0.2) is 18.2 Å². The van der Waals surface area contributed by atoms with Gasteiger partial charge in [-0.1, -0.05) is 25.1 Å². The van der Waals surface area contributed by atoms with E-state index in [9.17, 15) is 0 Å². The Kier molecular flexibility index (Phi) is 2.14. The van der Waals surface area contributed by atoms with Gasteiger partial charge < -0.3 is 0 Å². The van der Waals surface area contributed by atoms with Crippen molar-refractivity contribution in [3.63, 3.8) is 0 Å². The largest absolute Gasteiger partial charge is 0.171 e. The molecule has 64 valence electrons. The summed E-state index contributed by atoms with van der Waals surface area (Å²) in [6.07, 6.45) is 3.58. The number of fused-ring (bicyclic) bond motifs is 1. The molecule has 0 bridgehead atoms. The molecule has 1 aliphatic rings. The van der Waals surface area contributed by atoms with Crippen LogP contribution in [0.2, 0.25) is 0 Å². The predicted octanol–water partition coefficient (Wildman–Crippen LogP) is 3.17. The smallest absolute Gasteiger partial charge is 0.0275 e. The molecule has 1 unspecified atom stereocenters. The zero-order valence-electron chi connectivity index (χ0n) is 7.38. The van der Waals surface area contributed by atoms with E-state index in [1.54, 1.807) is 0 Å². The molecule has 0 nitrogen and oxygen atoms in total. The number of aryl methyl sites for hydroxylation is 2. The van der Waals surface area contributed by atoms with Gasteiger partial charge in [0.2, 0.25) is 0 Å². The Hall–Kier alpha value is -0.430. The standard InChI is InChI=1S/C11H14S/c1-2-8-4-3-5-9-6-7-10(12)11(8)9/h3-5,10,12H,2,6-7H2,1H3. The van der Waals surface area contributed by atoms with Crippen molar-refractivity contribution in [1.29, 1.82) is 0 Å². The molecule has 1 aliphatic carbocycles. The summed E-state index contributed by atoms with van der Waals surface area (Å²) in [5, 5.41) is 0.496. The maximum absolute atomic E-state index is 4.60. The molecular weight excluding hydrogens is 164 g/mol. The minimum absolute atomic E-state index is 0.496. The van der Waals surface area contributed by atoms with Crippen LogP contribution < -0.4 is 0 Å². The minimum Gasteiger partial charge on any atom is -0.171 e. The van der Waals surface area contributed by atoms with E-state index in [0.717, 1.165) is 6.42 Å². The number of benzene rings is 1. The Morgan fingerprint density at radius 2 is 2.33 bits per heavy atom. The summed E-state index contributed by atoms with van der Waals surface area (Å²) < 4.78 is 0. The van der Waals surface area contributed by atoms with E-state index in [1.165, 1.54) is 29.5 Å². The third-order valence-electron chi connectivity index (χ3n) is 2.69. The van der Waals surface area contributed by atoms with Gasteiger partial charge in [-0.25, -0.2) is 0 Å². The second kappa shape index (κ2) is 3.14. The van der Waals surface area contributed by atoms with E-state index in [4.69, 9.17) is 0 Å². The fraction of sp³-hybridized carbons (Fsp3) is 0.455. The van der Waals surface area contributed by atoms with Crippen molar-refractivity contribution < 1.29 is 0 Å². The summed E-state index contributed by atoms with van der Waals surface area (Å²) in [5.74, 6) is 0. The van der Waals surface area contributed by atoms with Crippen LogP contribution in [0.25, 0.3) is 0 Å². The molecule has 0 saturated carbocycles. The fourth-order valence-electron chi connectivity index (χ4n) is 2.06. The third kappa shape index (κ3) is 1.16. The Labute approximate surface area is 79.4 Å². The number of hydrogen-bond acceptors (Lipinski definition) is 1. The predicted molar refractivity (Wildman–Crippen MR) is 55.9 cm³/mol. The molecule has 2 rings (SSSR count). The molecule has 1 aromatic rings. The summed E-state index contributed by atoms with van der Waals surface area (Å²) in [7, 11) is 0. The molecule has 1 atom stereocenters. The second-order valence-corrected chi connectivity index (χ2v) is 4.02. The highest BCUT2D eigenvalue weighted by molar-refractivity contribution is 7.80. The van der Waals surface area contributed by atoms with Gasteiger partial charge in [-0.15, -0.1) is 0 Å². The Morgan fingerprint density at radius 1 is 1.50 bits per heavy atom. The van der Waals surface area contributed by atoms with E-state index < -0.39 is 0 Å². The van der Waals surface area contributed by atoms with Crippen molar-refractivity contribution in [2.75, 3.05) is 0 Å². The van der Waals surface area contributed by atoms with Gasteiger partial charge in [-0.05, 0) is 36.0 Å². The molecule has 1 heteroatoms. The Balaban J connectivity index is 2.53. The number of rotatable bonds is 1. The van der Waals surface area contributed by atoms with Gasteiger partial charge in [-0.2, -0.15) is 12.6 Å². The minimum atomic E-state index is 0.496. The molecule has 0 spiro atoms. The molecular formula is C11H14S. The Morgan fingerprint density at radius 3 is 3.08 bits per heavy atom. The average molecular weight is 178 g/mol.